The Morgan fingerprint density at radius 1 is 0.952 bits per heavy atom. The van der Waals surface area contributed by atoms with Gasteiger partial charge in [0.15, 0.2) is 0 Å². The Bertz CT molecular complexity index is 729. The second-order valence-electron chi connectivity index (χ2n) is 4.58. The van der Waals surface area contributed by atoms with E-state index in [2.05, 4.69) is 26.6 Å². The molecule has 5 heteroatoms. The molecule has 0 atom stereocenters. The Morgan fingerprint density at radius 3 is 2.38 bits per heavy atom. The summed E-state index contributed by atoms with van der Waals surface area (Å²) in [5.74, 6) is 0.519. The van der Waals surface area contributed by atoms with Gasteiger partial charge >= 0.3 is 0 Å². The van der Waals surface area contributed by atoms with Gasteiger partial charge in [0.2, 0.25) is 5.95 Å². The largest absolute Gasteiger partial charge is 0.400 e. The Kier molecular flexibility index (Phi) is 4.79. The van der Waals surface area contributed by atoms with Crippen molar-refractivity contribution in [3.8, 4) is 0 Å². The minimum Gasteiger partial charge on any atom is -0.400 e. The number of anilines is 2. The number of aromatic nitrogens is 3. The fourth-order valence-corrected chi connectivity index (χ4v) is 2.09. The van der Waals surface area contributed by atoms with Crippen LogP contribution in [-0.4, -0.2) is 27.4 Å². The summed E-state index contributed by atoms with van der Waals surface area (Å²) in [6, 6.07) is 13.9. The van der Waals surface area contributed by atoms with E-state index in [4.69, 9.17) is 5.11 Å². The fourth-order valence-electron chi connectivity index (χ4n) is 2.09. The number of nitrogens with one attached hydrogen (secondary N) is 1. The number of hydrogen-bond donors (Lipinski definition) is 2. The highest BCUT2D eigenvalue weighted by Gasteiger charge is 2.05. The lowest BCUT2D eigenvalue weighted by atomic mass is 10.1. The second-order valence-corrected chi connectivity index (χ2v) is 4.58. The van der Waals surface area contributed by atoms with Crippen LogP contribution in [-0.2, 0) is 0 Å². The van der Waals surface area contributed by atoms with Crippen molar-refractivity contribution in [3.05, 3.63) is 53.6 Å². The molecule has 5 nitrogen and oxygen atoms in total. The molecule has 0 unspecified atom stereocenters. The van der Waals surface area contributed by atoms with E-state index in [0.29, 0.717) is 5.95 Å². The van der Waals surface area contributed by atoms with E-state index >= 15 is 0 Å². The predicted molar refractivity (Wildman–Crippen MR) is 84.7 cm³/mol. The molecule has 2 aromatic carbocycles. The average Bonchev–Trinajstić information content (AvgIpc) is 2.51. The molecular formula is C16H18N4O. The molecule has 0 saturated heterocycles. The maximum atomic E-state index is 7.00. The first kappa shape index (κ1) is 14.9. The summed E-state index contributed by atoms with van der Waals surface area (Å²) in [7, 11) is 1.00. The zero-order valence-corrected chi connectivity index (χ0v) is 12.3. The summed E-state index contributed by atoms with van der Waals surface area (Å²) in [6.45, 7) is 4.08. The van der Waals surface area contributed by atoms with Crippen LogP contribution in [0.25, 0.3) is 11.0 Å². The van der Waals surface area contributed by atoms with Crippen LogP contribution in [0.4, 0.5) is 11.6 Å². The molecule has 0 bridgehead atoms. The van der Waals surface area contributed by atoms with Gasteiger partial charge in [0.25, 0.3) is 0 Å². The highest BCUT2D eigenvalue weighted by molar-refractivity contribution is 5.79. The summed E-state index contributed by atoms with van der Waals surface area (Å²) >= 11 is 0. The predicted octanol–water partition coefficient (Wildman–Crippen LogP) is 2.99. The summed E-state index contributed by atoms with van der Waals surface area (Å²) in [5.41, 5.74) is 4.95. The molecule has 0 radical (unpaired) electrons. The van der Waals surface area contributed by atoms with Gasteiger partial charge < -0.3 is 10.4 Å². The highest BCUT2D eigenvalue weighted by atomic mass is 16.2. The van der Waals surface area contributed by atoms with E-state index in [-0.39, 0.29) is 0 Å². The molecule has 0 fully saturated rings. The molecule has 0 spiro atoms. The minimum absolute atomic E-state index is 0.519. The molecule has 3 rings (SSSR count). The quantitative estimate of drug-likeness (QED) is 0.756. The summed E-state index contributed by atoms with van der Waals surface area (Å²) in [5, 5.41) is 18.5. The minimum atomic E-state index is 0.519. The molecule has 21 heavy (non-hydrogen) atoms. The van der Waals surface area contributed by atoms with Crippen LogP contribution in [0, 0.1) is 13.8 Å². The van der Waals surface area contributed by atoms with Crippen molar-refractivity contribution in [1.82, 2.24) is 15.2 Å². The van der Waals surface area contributed by atoms with E-state index in [1.54, 1.807) is 0 Å². The molecule has 0 aliphatic carbocycles. The normalized spacial score (nSPS) is 9.90. The Hall–Kier alpha value is -2.53. The molecule has 1 heterocycles. The van der Waals surface area contributed by atoms with E-state index in [1.165, 1.54) is 5.56 Å². The van der Waals surface area contributed by atoms with Crippen LogP contribution in [0.3, 0.4) is 0 Å². The molecule has 0 amide bonds. The molecule has 0 aliphatic heterocycles. The highest BCUT2D eigenvalue weighted by Crippen LogP contribution is 2.18. The number of benzene rings is 2. The van der Waals surface area contributed by atoms with Crippen molar-refractivity contribution in [2.75, 3.05) is 12.4 Å². The Morgan fingerprint density at radius 2 is 1.67 bits per heavy atom. The number of aliphatic hydroxyl groups is 1. The van der Waals surface area contributed by atoms with E-state index in [0.717, 1.165) is 29.4 Å². The lowest BCUT2D eigenvalue weighted by Crippen LogP contribution is -2.00. The summed E-state index contributed by atoms with van der Waals surface area (Å²) in [6.07, 6.45) is 0. The van der Waals surface area contributed by atoms with Gasteiger partial charge in [-0.2, -0.15) is 0 Å². The van der Waals surface area contributed by atoms with Crippen molar-refractivity contribution in [2.24, 2.45) is 0 Å². The van der Waals surface area contributed by atoms with Gasteiger partial charge in [-0.25, -0.2) is 4.98 Å². The maximum absolute atomic E-state index is 7.00. The molecule has 0 saturated carbocycles. The van der Waals surface area contributed by atoms with Crippen molar-refractivity contribution < 1.29 is 5.11 Å². The van der Waals surface area contributed by atoms with Crippen LogP contribution in [0.5, 0.6) is 0 Å². The zero-order chi connectivity index (χ0) is 15.2. The lowest BCUT2D eigenvalue weighted by Gasteiger charge is -2.06. The van der Waals surface area contributed by atoms with Gasteiger partial charge in [-0.05, 0) is 43.2 Å². The van der Waals surface area contributed by atoms with Gasteiger partial charge in [0.05, 0.1) is 5.52 Å². The van der Waals surface area contributed by atoms with E-state index in [9.17, 15) is 0 Å². The third kappa shape index (κ3) is 3.52. The van der Waals surface area contributed by atoms with Crippen LogP contribution in [0.2, 0.25) is 0 Å². The van der Waals surface area contributed by atoms with Crippen molar-refractivity contribution in [3.63, 3.8) is 0 Å². The number of aryl methyl sites for hydroxylation is 2. The van der Waals surface area contributed by atoms with Crippen molar-refractivity contribution in [2.45, 2.75) is 13.8 Å². The maximum Gasteiger partial charge on any atom is 0.247 e. The van der Waals surface area contributed by atoms with Gasteiger partial charge in [-0.1, -0.05) is 24.3 Å². The number of fused-ring (bicyclic) bond motifs is 1. The Balaban J connectivity index is 0.000000774. The average molecular weight is 282 g/mol. The molecule has 2 N–H and O–H groups in total. The van der Waals surface area contributed by atoms with E-state index in [1.807, 2.05) is 50.2 Å². The second kappa shape index (κ2) is 6.76. The number of rotatable bonds is 2. The lowest BCUT2D eigenvalue weighted by molar-refractivity contribution is 0.399. The number of aliphatic hydroxyl groups excluding tert-OH is 1. The fraction of sp³-hybridized carbons (Fsp3) is 0.188. The van der Waals surface area contributed by atoms with Crippen molar-refractivity contribution >= 4 is 22.7 Å². The first-order valence-corrected chi connectivity index (χ1v) is 6.61. The molecular weight excluding hydrogens is 264 g/mol. The van der Waals surface area contributed by atoms with Gasteiger partial charge in [-0.3, -0.25) is 0 Å². The topological polar surface area (TPSA) is 70.9 Å². The van der Waals surface area contributed by atoms with Crippen LogP contribution in [0.1, 0.15) is 11.1 Å². The number of nitrogens with zero attached hydrogens (tertiary/aromatic N) is 3. The monoisotopic (exact) mass is 282 g/mol. The molecule has 0 aliphatic rings. The summed E-state index contributed by atoms with van der Waals surface area (Å²) < 4.78 is 0. The third-order valence-corrected chi connectivity index (χ3v) is 2.92. The molecule has 3 aromatic rings. The number of hydrogen-bond acceptors (Lipinski definition) is 5. The van der Waals surface area contributed by atoms with Gasteiger partial charge in [-0.15, -0.1) is 10.2 Å². The Labute approximate surface area is 123 Å². The molecule has 1 aromatic heterocycles. The SMILES string of the molecule is CO.Cc1cc(C)c2nc(Nc3ccccc3)nnc2c1. The third-order valence-electron chi connectivity index (χ3n) is 2.92. The van der Waals surface area contributed by atoms with Gasteiger partial charge in [0, 0.05) is 12.8 Å². The van der Waals surface area contributed by atoms with Crippen LogP contribution >= 0.6 is 0 Å². The first-order chi connectivity index (χ1) is 10.2. The standard InChI is InChI=1S/C15H14N4.CH4O/c1-10-8-11(2)14-13(9-10)18-19-15(17-14)16-12-6-4-3-5-7-12;1-2/h3-9H,1-2H3,(H,16,17,19);2H,1H3. The first-order valence-electron chi connectivity index (χ1n) is 6.61. The molecule has 108 valence electrons. The summed E-state index contributed by atoms with van der Waals surface area (Å²) in [4.78, 5) is 4.53. The zero-order valence-electron chi connectivity index (χ0n) is 12.3. The number of para-hydroxylation sites is 1. The van der Waals surface area contributed by atoms with E-state index < -0.39 is 0 Å². The van der Waals surface area contributed by atoms with Crippen LogP contribution in [0.15, 0.2) is 42.5 Å². The van der Waals surface area contributed by atoms with Crippen LogP contribution < -0.4 is 5.32 Å². The van der Waals surface area contributed by atoms with Gasteiger partial charge in [0.1, 0.15) is 5.52 Å². The smallest absolute Gasteiger partial charge is 0.247 e. The van der Waals surface area contributed by atoms with Crippen molar-refractivity contribution in [1.29, 1.82) is 0 Å².